The number of sulfone groups is 1. The number of nitrogens with one attached hydrogen (secondary N) is 1. The zero-order valence-electron chi connectivity index (χ0n) is 23.4. The highest BCUT2D eigenvalue weighted by molar-refractivity contribution is 7.91. The van der Waals surface area contributed by atoms with Gasteiger partial charge in [0.05, 0.1) is 22.7 Å². The maximum absolute atomic E-state index is 14.0. The third kappa shape index (κ3) is 6.52. The molecule has 0 saturated heterocycles. The van der Waals surface area contributed by atoms with E-state index in [-0.39, 0.29) is 12.3 Å². The maximum Gasteiger partial charge on any atom is 0.308 e. The Morgan fingerprint density at radius 3 is 2.34 bits per heavy atom. The summed E-state index contributed by atoms with van der Waals surface area (Å²) in [4.78, 5) is 13.5. The van der Waals surface area contributed by atoms with Crippen molar-refractivity contribution < 1.29 is 23.4 Å². The summed E-state index contributed by atoms with van der Waals surface area (Å²) < 4.78 is 27.9. The number of carbonyl (C=O) groups is 1. The van der Waals surface area contributed by atoms with Gasteiger partial charge in [-0.2, -0.15) is 0 Å². The average molecular weight is 545 g/mol. The molecule has 0 aliphatic carbocycles. The molecule has 0 saturated carbocycles. The van der Waals surface area contributed by atoms with Crippen molar-refractivity contribution in [3.63, 3.8) is 0 Å². The van der Waals surface area contributed by atoms with Gasteiger partial charge in [-0.25, -0.2) is 8.42 Å². The molecule has 2 aromatic rings. The largest absolute Gasteiger partial charge is 0.481 e. The zero-order valence-corrected chi connectivity index (χ0v) is 24.2. The van der Waals surface area contributed by atoms with Gasteiger partial charge in [0.15, 0.2) is 9.84 Å². The first kappa shape index (κ1) is 30.0. The molecule has 1 aliphatic heterocycles. The molecular weight excluding hydrogens is 500 g/mol. The quantitative estimate of drug-likeness (QED) is 0.322. The van der Waals surface area contributed by atoms with Gasteiger partial charge in [0.25, 0.3) is 0 Å². The molecular formula is C30H44N2O5S. The lowest BCUT2D eigenvalue weighted by Gasteiger charge is -2.40. The van der Waals surface area contributed by atoms with Crippen LogP contribution in [-0.4, -0.2) is 57.1 Å². The van der Waals surface area contributed by atoms with Gasteiger partial charge in [0, 0.05) is 43.3 Å². The van der Waals surface area contributed by atoms with Crippen LogP contribution < -0.4 is 10.2 Å². The minimum atomic E-state index is -3.66. The van der Waals surface area contributed by atoms with Crippen LogP contribution in [0.25, 0.3) is 0 Å². The van der Waals surface area contributed by atoms with Crippen molar-refractivity contribution in [3.05, 3.63) is 53.6 Å². The van der Waals surface area contributed by atoms with Crippen LogP contribution in [0.3, 0.4) is 0 Å². The predicted octanol–water partition coefficient (Wildman–Crippen LogP) is 5.53. The van der Waals surface area contributed by atoms with Crippen LogP contribution in [0.5, 0.6) is 0 Å². The minimum absolute atomic E-state index is 0.0694. The van der Waals surface area contributed by atoms with Gasteiger partial charge in [-0.1, -0.05) is 58.6 Å². The third-order valence-corrected chi connectivity index (χ3v) is 9.93. The topological polar surface area (TPSA) is 107 Å². The summed E-state index contributed by atoms with van der Waals surface area (Å²) in [6.45, 7) is 6.09. The van der Waals surface area contributed by atoms with Crippen molar-refractivity contribution >= 4 is 27.2 Å². The Morgan fingerprint density at radius 2 is 1.76 bits per heavy atom. The SMILES string of the molecule is CCCCC1(CCCC)CS(=O)(=O)c2ccc(N(C)C)cc2[C@@H](c2cccc(NCC(C)C(=O)O)c2)[C@H]1O. The summed E-state index contributed by atoms with van der Waals surface area (Å²) in [6, 6.07) is 13.1. The smallest absolute Gasteiger partial charge is 0.308 e. The molecule has 0 radical (unpaired) electrons. The first-order chi connectivity index (χ1) is 18.0. The molecule has 8 heteroatoms. The van der Waals surface area contributed by atoms with E-state index in [0.717, 1.165) is 42.6 Å². The van der Waals surface area contributed by atoms with E-state index in [9.17, 15) is 23.4 Å². The average Bonchev–Trinajstić information content (AvgIpc) is 2.95. The van der Waals surface area contributed by atoms with Crippen molar-refractivity contribution in [2.75, 3.05) is 36.6 Å². The van der Waals surface area contributed by atoms with Crippen molar-refractivity contribution in [1.29, 1.82) is 0 Å². The number of aliphatic hydroxyl groups excluding tert-OH is 1. The van der Waals surface area contributed by atoms with Crippen LogP contribution in [0.15, 0.2) is 47.4 Å². The molecule has 3 atom stereocenters. The van der Waals surface area contributed by atoms with Crippen molar-refractivity contribution in [2.24, 2.45) is 11.3 Å². The van der Waals surface area contributed by atoms with E-state index >= 15 is 0 Å². The van der Waals surface area contributed by atoms with Crippen molar-refractivity contribution in [3.8, 4) is 0 Å². The lowest BCUT2D eigenvalue weighted by atomic mass is 9.68. The third-order valence-electron chi connectivity index (χ3n) is 7.94. The predicted molar refractivity (Wildman–Crippen MR) is 154 cm³/mol. The summed E-state index contributed by atoms with van der Waals surface area (Å²) in [5.74, 6) is -2.05. The fraction of sp³-hybridized carbons (Fsp3) is 0.567. The summed E-state index contributed by atoms with van der Waals surface area (Å²) in [5.41, 5.74) is 2.28. The molecule has 3 rings (SSSR count). The molecule has 0 aromatic heterocycles. The number of aliphatic carboxylic acids is 1. The van der Waals surface area contributed by atoms with E-state index < -0.39 is 39.2 Å². The first-order valence-electron chi connectivity index (χ1n) is 13.7. The number of anilines is 2. The van der Waals surface area contributed by atoms with Crippen LogP contribution in [0.1, 0.15) is 76.3 Å². The molecule has 38 heavy (non-hydrogen) atoms. The van der Waals surface area contributed by atoms with Gasteiger partial charge in [-0.05, 0) is 54.3 Å². The van der Waals surface area contributed by atoms with Gasteiger partial charge in [0.1, 0.15) is 0 Å². The number of unbranched alkanes of at least 4 members (excludes halogenated alkanes) is 2. The Kier molecular flexibility index (Phi) is 9.87. The Bertz CT molecular complexity index is 1200. The molecule has 1 unspecified atom stereocenters. The second-order valence-electron chi connectivity index (χ2n) is 11.1. The number of rotatable bonds is 12. The van der Waals surface area contributed by atoms with Gasteiger partial charge < -0.3 is 20.4 Å². The fourth-order valence-corrected chi connectivity index (χ4v) is 7.78. The highest BCUT2D eigenvalue weighted by Gasteiger charge is 2.49. The van der Waals surface area contributed by atoms with Crippen molar-refractivity contribution in [2.45, 2.75) is 76.2 Å². The van der Waals surface area contributed by atoms with E-state index in [1.165, 1.54) is 0 Å². The first-order valence-corrected chi connectivity index (χ1v) is 15.4. The molecule has 2 aromatic carbocycles. The molecule has 0 amide bonds. The molecule has 0 fully saturated rings. The maximum atomic E-state index is 14.0. The van der Waals surface area contributed by atoms with Crippen molar-refractivity contribution in [1.82, 2.24) is 0 Å². The van der Waals surface area contributed by atoms with E-state index in [1.54, 1.807) is 13.0 Å². The Hall–Kier alpha value is -2.58. The molecule has 210 valence electrons. The molecule has 1 heterocycles. The number of hydrogen-bond acceptors (Lipinski definition) is 6. The Balaban J connectivity index is 2.22. The van der Waals surface area contributed by atoms with Crippen LogP contribution in [0.4, 0.5) is 11.4 Å². The molecule has 7 nitrogen and oxygen atoms in total. The fourth-order valence-electron chi connectivity index (χ4n) is 5.59. The normalized spacial score (nSPS) is 20.7. The Labute approximate surface area is 228 Å². The number of hydrogen-bond donors (Lipinski definition) is 3. The van der Waals surface area contributed by atoms with E-state index in [0.29, 0.717) is 23.3 Å². The highest BCUT2D eigenvalue weighted by atomic mass is 32.2. The standard InChI is InChI=1S/C30H44N2O5S/c1-6-8-15-30(16-9-7-2)20-38(36,37)26-14-13-24(32(4)5)18-25(26)27(28(30)33)22-11-10-12-23(17-22)31-19-21(3)29(34)35/h10-14,17-18,21,27-28,31,33H,6-9,15-16,19-20H2,1-5H3,(H,34,35)/t21?,27-,28-/m1/s1. The number of carboxylic acids is 1. The van der Waals surface area contributed by atoms with Gasteiger partial charge in [-0.15, -0.1) is 0 Å². The van der Waals surface area contributed by atoms with E-state index in [4.69, 9.17) is 0 Å². The molecule has 1 aliphatic rings. The van der Waals surface area contributed by atoms with E-state index in [1.807, 2.05) is 55.4 Å². The monoisotopic (exact) mass is 544 g/mol. The second kappa shape index (κ2) is 12.5. The molecule has 0 spiro atoms. The van der Waals surface area contributed by atoms with E-state index in [2.05, 4.69) is 19.2 Å². The number of benzene rings is 2. The van der Waals surface area contributed by atoms with Crippen LogP contribution >= 0.6 is 0 Å². The number of nitrogens with zero attached hydrogens (tertiary/aromatic N) is 1. The Morgan fingerprint density at radius 1 is 1.11 bits per heavy atom. The summed E-state index contributed by atoms with van der Waals surface area (Å²) >= 11 is 0. The minimum Gasteiger partial charge on any atom is -0.481 e. The summed E-state index contributed by atoms with van der Waals surface area (Å²) in [7, 11) is 0.168. The van der Waals surface area contributed by atoms with Gasteiger partial charge in [0.2, 0.25) is 0 Å². The summed E-state index contributed by atoms with van der Waals surface area (Å²) in [6.07, 6.45) is 3.91. The van der Waals surface area contributed by atoms with Crippen LogP contribution in [-0.2, 0) is 14.6 Å². The lowest BCUT2D eigenvalue weighted by molar-refractivity contribution is -0.140. The number of fused-ring (bicyclic) bond motifs is 1. The number of aliphatic hydroxyl groups is 1. The van der Waals surface area contributed by atoms with Gasteiger partial charge in [-0.3, -0.25) is 4.79 Å². The number of carboxylic acid groups (broad SMARTS) is 1. The van der Waals surface area contributed by atoms with Crippen LogP contribution in [0.2, 0.25) is 0 Å². The van der Waals surface area contributed by atoms with Gasteiger partial charge >= 0.3 is 5.97 Å². The second-order valence-corrected chi connectivity index (χ2v) is 13.1. The summed E-state index contributed by atoms with van der Waals surface area (Å²) in [5, 5.41) is 24.8. The van der Waals surface area contributed by atoms with Crippen LogP contribution in [0, 0.1) is 11.3 Å². The lowest BCUT2D eigenvalue weighted by Crippen LogP contribution is -2.43. The molecule has 3 N–H and O–H groups in total. The highest BCUT2D eigenvalue weighted by Crippen LogP contribution is 2.50. The zero-order chi connectivity index (χ0) is 28.1. The molecule has 0 bridgehead atoms.